The molecule has 0 aromatic heterocycles. The van der Waals surface area contributed by atoms with Crippen molar-refractivity contribution in [3.05, 3.63) is 71.5 Å². The first kappa shape index (κ1) is 17.7. The smallest absolute Gasteiger partial charge is 0.239 e. The Morgan fingerprint density at radius 3 is 2.29 bits per heavy atom. The molecule has 24 heavy (non-hydrogen) atoms. The van der Waals surface area contributed by atoms with Gasteiger partial charge >= 0.3 is 0 Å². The van der Waals surface area contributed by atoms with E-state index < -0.39 is 11.9 Å². The van der Waals surface area contributed by atoms with E-state index in [0.717, 1.165) is 12.8 Å². The van der Waals surface area contributed by atoms with E-state index in [1.807, 2.05) is 30.3 Å². The van der Waals surface area contributed by atoms with Gasteiger partial charge in [0, 0.05) is 0 Å². The van der Waals surface area contributed by atoms with E-state index in [0.29, 0.717) is 12.0 Å². The molecule has 126 valence electrons. The quantitative estimate of drug-likeness (QED) is 0.781. The maximum absolute atomic E-state index is 12.9. The molecule has 0 spiro atoms. The van der Waals surface area contributed by atoms with E-state index in [-0.39, 0.29) is 18.1 Å². The standard InChI is InChI=1S/C19H21FN2O2/c20-16-11-9-15(10-12-16)13-18(23)22-17(19(21)24)8-4-7-14-5-2-1-3-6-14/h1-3,5-6,9-12,17H,4,7-8,13H2,(H2,21,24)(H,22,23)/t17-/m1/s1. The summed E-state index contributed by atoms with van der Waals surface area (Å²) < 4.78 is 12.9. The number of nitrogens with one attached hydrogen (secondary N) is 1. The van der Waals surface area contributed by atoms with Gasteiger partial charge in [-0.15, -0.1) is 0 Å². The van der Waals surface area contributed by atoms with E-state index >= 15 is 0 Å². The van der Waals surface area contributed by atoms with Gasteiger partial charge < -0.3 is 11.1 Å². The molecular weight excluding hydrogens is 307 g/mol. The van der Waals surface area contributed by atoms with Gasteiger partial charge in [-0.3, -0.25) is 9.59 Å². The van der Waals surface area contributed by atoms with Crippen LogP contribution in [-0.4, -0.2) is 17.9 Å². The molecule has 0 aliphatic heterocycles. The molecule has 0 heterocycles. The lowest BCUT2D eigenvalue weighted by molar-refractivity contribution is -0.127. The van der Waals surface area contributed by atoms with Crippen LogP contribution >= 0.6 is 0 Å². The lowest BCUT2D eigenvalue weighted by Gasteiger charge is -2.15. The first-order chi connectivity index (χ1) is 11.5. The number of hydrogen-bond donors (Lipinski definition) is 2. The summed E-state index contributed by atoms with van der Waals surface area (Å²) in [6, 6.07) is 14.9. The molecule has 0 aliphatic rings. The maximum atomic E-state index is 12.9. The van der Waals surface area contributed by atoms with Crippen LogP contribution in [0.2, 0.25) is 0 Å². The highest BCUT2D eigenvalue weighted by atomic mass is 19.1. The minimum atomic E-state index is -0.693. The lowest BCUT2D eigenvalue weighted by atomic mass is 10.0. The zero-order chi connectivity index (χ0) is 17.4. The monoisotopic (exact) mass is 328 g/mol. The number of amides is 2. The highest BCUT2D eigenvalue weighted by molar-refractivity contribution is 5.87. The number of carbonyl (C=O) groups excluding carboxylic acids is 2. The second-order valence-corrected chi connectivity index (χ2v) is 5.70. The summed E-state index contributed by atoms with van der Waals surface area (Å²) >= 11 is 0. The number of hydrogen-bond acceptors (Lipinski definition) is 2. The largest absolute Gasteiger partial charge is 0.368 e. The van der Waals surface area contributed by atoms with Gasteiger partial charge in [0.15, 0.2) is 0 Å². The zero-order valence-corrected chi connectivity index (χ0v) is 13.4. The van der Waals surface area contributed by atoms with E-state index in [4.69, 9.17) is 5.73 Å². The van der Waals surface area contributed by atoms with E-state index in [1.54, 1.807) is 12.1 Å². The predicted octanol–water partition coefficient (Wildman–Crippen LogP) is 2.36. The zero-order valence-electron chi connectivity index (χ0n) is 13.4. The molecule has 0 bridgehead atoms. The van der Waals surface area contributed by atoms with E-state index in [9.17, 15) is 14.0 Å². The van der Waals surface area contributed by atoms with Gasteiger partial charge in [-0.25, -0.2) is 4.39 Å². The third-order valence-corrected chi connectivity index (χ3v) is 3.76. The summed E-state index contributed by atoms with van der Waals surface area (Å²) in [6.45, 7) is 0. The molecule has 2 amide bonds. The second kappa shape index (κ2) is 8.82. The topological polar surface area (TPSA) is 72.2 Å². The first-order valence-electron chi connectivity index (χ1n) is 7.91. The van der Waals surface area contributed by atoms with Crippen molar-refractivity contribution < 1.29 is 14.0 Å². The fourth-order valence-corrected chi connectivity index (χ4v) is 2.47. The summed E-state index contributed by atoms with van der Waals surface area (Å²) in [4.78, 5) is 23.6. The third-order valence-electron chi connectivity index (χ3n) is 3.76. The molecule has 4 nitrogen and oxygen atoms in total. The Labute approximate surface area is 140 Å². The van der Waals surface area contributed by atoms with Crippen molar-refractivity contribution in [1.29, 1.82) is 0 Å². The molecular formula is C19H21FN2O2. The Balaban J connectivity index is 1.82. The summed E-state index contributed by atoms with van der Waals surface area (Å²) in [5.74, 6) is -1.20. The lowest BCUT2D eigenvalue weighted by Crippen LogP contribution is -2.45. The van der Waals surface area contributed by atoms with Crippen LogP contribution in [0.5, 0.6) is 0 Å². The number of primary amides is 1. The Hall–Kier alpha value is -2.69. The van der Waals surface area contributed by atoms with Crippen LogP contribution in [0.3, 0.4) is 0 Å². The summed E-state index contributed by atoms with van der Waals surface area (Å²) in [6.07, 6.45) is 2.13. The number of rotatable bonds is 8. The molecule has 2 aromatic rings. The van der Waals surface area contributed by atoms with Crippen LogP contribution in [0.15, 0.2) is 54.6 Å². The van der Waals surface area contributed by atoms with Crippen molar-refractivity contribution in [3.8, 4) is 0 Å². The number of nitrogens with two attached hydrogens (primary N) is 1. The van der Waals surface area contributed by atoms with Crippen molar-refractivity contribution in [3.63, 3.8) is 0 Å². The van der Waals surface area contributed by atoms with Gasteiger partial charge in [-0.05, 0) is 42.5 Å². The molecule has 1 atom stereocenters. The van der Waals surface area contributed by atoms with Crippen LogP contribution in [0, 0.1) is 5.82 Å². The molecule has 2 aromatic carbocycles. The van der Waals surface area contributed by atoms with Gasteiger partial charge in [0.1, 0.15) is 11.9 Å². The first-order valence-corrected chi connectivity index (χ1v) is 7.91. The average Bonchev–Trinajstić information content (AvgIpc) is 2.57. The SMILES string of the molecule is NC(=O)[C@@H](CCCc1ccccc1)NC(=O)Cc1ccc(F)cc1. The molecule has 0 aliphatic carbocycles. The third kappa shape index (κ3) is 5.83. The van der Waals surface area contributed by atoms with Gasteiger partial charge in [0.2, 0.25) is 11.8 Å². The molecule has 0 unspecified atom stereocenters. The molecule has 0 radical (unpaired) electrons. The van der Waals surface area contributed by atoms with Crippen molar-refractivity contribution in [2.75, 3.05) is 0 Å². The predicted molar refractivity (Wildman–Crippen MR) is 90.6 cm³/mol. The van der Waals surface area contributed by atoms with Crippen LogP contribution < -0.4 is 11.1 Å². The Bertz CT molecular complexity index is 672. The summed E-state index contributed by atoms with van der Waals surface area (Å²) in [5, 5.41) is 2.66. The van der Waals surface area contributed by atoms with Crippen molar-refractivity contribution in [2.24, 2.45) is 5.73 Å². The maximum Gasteiger partial charge on any atom is 0.239 e. The van der Waals surface area contributed by atoms with Gasteiger partial charge in [0.25, 0.3) is 0 Å². The Morgan fingerprint density at radius 2 is 1.67 bits per heavy atom. The molecule has 0 saturated heterocycles. The Morgan fingerprint density at radius 1 is 1.00 bits per heavy atom. The Kier molecular flexibility index (Phi) is 6.49. The molecule has 5 heteroatoms. The van der Waals surface area contributed by atoms with Crippen LogP contribution in [0.1, 0.15) is 24.0 Å². The fourth-order valence-electron chi connectivity index (χ4n) is 2.47. The second-order valence-electron chi connectivity index (χ2n) is 5.70. The number of aryl methyl sites for hydroxylation is 1. The fraction of sp³-hybridized carbons (Fsp3) is 0.263. The summed E-state index contributed by atoms with van der Waals surface area (Å²) in [7, 11) is 0. The van der Waals surface area contributed by atoms with Crippen molar-refractivity contribution >= 4 is 11.8 Å². The van der Waals surface area contributed by atoms with Crippen molar-refractivity contribution in [2.45, 2.75) is 31.7 Å². The highest BCUT2D eigenvalue weighted by Gasteiger charge is 2.17. The van der Waals surface area contributed by atoms with Crippen LogP contribution in [0.4, 0.5) is 4.39 Å². The van der Waals surface area contributed by atoms with Gasteiger partial charge in [-0.1, -0.05) is 42.5 Å². The molecule has 0 fully saturated rings. The minimum Gasteiger partial charge on any atom is -0.368 e. The number of carbonyl (C=O) groups is 2. The summed E-state index contributed by atoms with van der Waals surface area (Å²) in [5.41, 5.74) is 7.24. The minimum absolute atomic E-state index is 0.0861. The molecule has 0 saturated carbocycles. The van der Waals surface area contributed by atoms with E-state index in [2.05, 4.69) is 5.32 Å². The number of halogens is 1. The number of benzene rings is 2. The van der Waals surface area contributed by atoms with Crippen LogP contribution in [0.25, 0.3) is 0 Å². The molecule has 3 N–H and O–H groups in total. The van der Waals surface area contributed by atoms with Crippen molar-refractivity contribution in [1.82, 2.24) is 5.32 Å². The van der Waals surface area contributed by atoms with Gasteiger partial charge in [-0.2, -0.15) is 0 Å². The average molecular weight is 328 g/mol. The van der Waals surface area contributed by atoms with Crippen LogP contribution in [-0.2, 0) is 22.4 Å². The normalized spacial score (nSPS) is 11.7. The highest BCUT2D eigenvalue weighted by Crippen LogP contribution is 2.08. The van der Waals surface area contributed by atoms with E-state index in [1.165, 1.54) is 17.7 Å². The van der Waals surface area contributed by atoms with Gasteiger partial charge in [0.05, 0.1) is 6.42 Å². The molecule has 2 rings (SSSR count).